The van der Waals surface area contributed by atoms with Crippen LogP contribution in [-0.4, -0.2) is 19.3 Å². The van der Waals surface area contributed by atoms with Gasteiger partial charge in [0, 0.05) is 19.3 Å². The Balaban J connectivity index is 0.000000810. The number of methoxy groups -OCH3 is 1. The van der Waals surface area contributed by atoms with Gasteiger partial charge in [0.15, 0.2) is 0 Å². The van der Waals surface area contributed by atoms with E-state index in [0.717, 1.165) is 13.0 Å². The van der Waals surface area contributed by atoms with Crippen molar-refractivity contribution >= 4 is 12.4 Å². The lowest BCUT2D eigenvalue weighted by Gasteiger charge is -2.37. The molecule has 10 heavy (non-hydrogen) atoms. The van der Waals surface area contributed by atoms with Crippen molar-refractivity contribution in [2.24, 2.45) is 5.73 Å². The zero-order valence-corrected chi connectivity index (χ0v) is 7.25. The summed E-state index contributed by atoms with van der Waals surface area (Å²) in [6.07, 6.45) is 4.72. The summed E-state index contributed by atoms with van der Waals surface area (Å²) >= 11 is 0. The van der Waals surface area contributed by atoms with Crippen molar-refractivity contribution in [1.29, 1.82) is 0 Å². The number of halogens is 1. The number of rotatable bonds is 3. The normalized spacial score (nSPS) is 21.0. The summed E-state index contributed by atoms with van der Waals surface area (Å²) in [5, 5.41) is 0. The molecular formula is C7H16ClNO. The minimum absolute atomic E-state index is 0. The maximum Gasteiger partial charge on any atom is 0.0479 e. The summed E-state index contributed by atoms with van der Waals surface area (Å²) in [6, 6.07) is 0. The lowest BCUT2D eigenvalue weighted by Crippen LogP contribution is -2.47. The molecular weight excluding hydrogens is 150 g/mol. The molecule has 1 fully saturated rings. The Labute approximate surface area is 68.5 Å². The lowest BCUT2D eigenvalue weighted by atomic mass is 9.76. The molecule has 0 spiro atoms. The zero-order chi connectivity index (χ0) is 6.74. The summed E-state index contributed by atoms with van der Waals surface area (Å²) in [6.45, 7) is 0.816. The van der Waals surface area contributed by atoms with E-state index in [4.69, 9.17) is 10.5 Å². The molecule has 0 radical (unpaired) electrons. The Morgan fingerprint density at radius 1 is 1.50 bits per heavy atom. The van der Waals surface area contributed by atoms with Crippen molar-refractivity contribution in [1.82, 2.24) is 0 Å². The van der Waals surface area contributed by atoms with Gasteiger partial charge in [-0.2, -0.15) is 0 Å². The molecule has 0 aliphatic heterocycles. The second-order valence-electron chi connectivity index (χ2n) is 2.96. The van der Waals surface area contributed by atoms with Crippen molar-refractivity contribution < 1.29 is 4.74 Å². The summed E-state index contributed by atoms with van der Waals surface area (Å²) in [7, 11) is 1.72. The molecule has 1 rings (SSSR count). The highest BCUT2D eigenvalue weighted by Gasteiger charge is 2.31. The van der Waals surface area contributed by atoms with E-state index >= 15 is 0 Å². The zero-order valence-electron chi connectivity index (χ0n) is 6.43. The summed E-state index contributed by atoms with van der Waals surface area (Å²) in [5.74, 6) is 0. The van der Waals surface area contributed by atoms with Crippen LogP contribution in [0.4, 0.5) is 0 Å². The quantitative estimate of drug-likeness (QED) is 0.685. The van der Waals surface area contributed by atoms with Gasteiger partial charge in [0.25, 0.3) is 0 Å². The number of hydrogen-bond donors (Lipinski definition) is 1. The first-order chi connectivity index (χ1) is 4.27. The molecule has 0 aromatic rings. The van der Waals surface area contributed by atoms with Gasteiger partial charge >= 0.3 is 0 Å². The SMILES string of the molecule is COCCC1(N)CCC1.Cl. The van der Waals surface area contributed by atoms with E-state index < -0.39 is 0 Å². The fraction of sp³-hybridized carbons (Fsp3) is 1.00. The lowest BCUT2D eigenvalue weighted by molar-refractivity contribution is 0.133. The molecule has 0 bridgehead atoms. The van der Waals surface area contributed by atoms with Crippen LogP contribution in [0.25, 0.3) is 0 Å². The highest BCUT2D eigenvalue weighted by molar-refractivity contribution is 5.85. The van der Waals surface area contributed by atoms with Gasteiger partial charge in [0.2, 0.25) is 0 Å². The van der Waals surface area contributed by atoms with Gasteiger partial charge < -0.3 is 10.5 Å². The first-order valence-corrected chi connectivity index (χ1v) is 3.55. The molecule has 0 aromatic carbocycles. The number of hydrogen-bond acceptors (Lipinski definition) is 2. The first kappa shape index (κ1) is 10.2. The van der Waals surface area contributed by atoms with Crippen molar-refractivity contribution in [2.75, 3.05) is 13.7 Å². The molecule has 3 heteroatoms. The molecule has 0 amide bonds. The van der Waals surface area contributed by atoms with E-state index in [1.54, 1.807) is 7.11 Å². The standard InChI is InChI=1S/C7H15NO.ClH/c1-9-6-5-7(8)3-2-4-7;/h2-6,8H2,1H3;1H. The molecule has 1 saturated carbocycles. The third-order valence-corrected chi connectivity index (χ3v) is 2.15. The summed E-state index contributed by atoms with van der Waals surface area (Å²) in [5.41, 5.74) is 6.06. The molecule has 62 valence electrons. The van der Waals surface area contributed by atoms with Crippen LogP contribution in [0.3, 0.4) is 0 Å². The average molecular weight is 166 g/mol. The maximum atomic E-state index is 5.91. The molecule has 0 atom stereocenters. The molecule has 0 heterocycles. The van der Waals surface area contributed by atoms with Crippen LogP contribution in [0.1, 0.15) is 25.7 Å². The Kier molecular flexibility index (Phi) is 4.25. The van der Waals surface area contributed by atoms with Crippen LogP contribution in [-0.2, 0) is 4.74 Å². The minimum atomic E-state index is 0. The number of ether oxygens (including phenoxy) is 1. The van der Waals surface area contributed by atoms with Crippen molar-refractivity contribution in [2.45, 2.75) is 31.2 Å². The average Bonchev–Trinajstić information content (AvgIpc) is 1.79. The molecule has 0 saturated heterocycles. The van der Waals surface area contributed by atoms with Crippen LogP contribution in [0.2, 0.25) is 0 Å². The third-order valence-electron chi connectivity index (χ3n) is 2.15. The fourth-order valence-corrected chi connectivity index (χ4v) is 1.19. The summed E-state index contributed by atoms with van der Waals surface area (Å²) in [4.78, 5) is 0. The monoisotopic (exact) mass is 165 g/mol. The first-order valence-electron chi connectivity index (χ1n) is 3.55. The molecule has 2 nitrogen and oxygen atoms in total. The second kappa shape index (κ2) is 4.16. The van der Waals surface area contributed by atoms with Crippen LogP contribution in [0, 0.1) is 0 Å². The van der Waals surface area contributed by atoms with E-state index in [1.807, 2.05) is 0 Å². The van der Waals surface area contributed by atoms with E-state index in [0.29, 0.717) is 0 Å². The van der Waals surface area contributed by atoms with E-state index in [2.05, 4.69) is 0 Å². The Morgan fingerprint density at radius 2 is 2.10 bits per heavy atom. The topological polar surface area (TPSA) is 35.2 Å². The van der Waals surface area contributed by atoms with Gasteiger partial charge in [-0.05, 0) is 25.7 Å². The maximum absolute atomic E-state index is 5.91. The fourth-order valence-electron chi connectivity index (χ4n) is 1.19. The second-order valence-corrected chi connectivity index (χ2v) is 2.96. The predicted molar refractivity (Wildman–Crippen MR) is 44.5 cm³/mol. The van der Waals surface area contributed by atoms with Crippen LogP contribution >= 0.6 is 12.4 Å². The Bertz CT molecular complexity index is 93.6. The van der Waals surface area contributed by atoms with Gasteiger partial charge in [-0.1, -0.05) is 0 Å². The largest absolute Gasteiger partial charge is 0.385 e. The highest BCUT2D eigenvalue weighted by Crippen LogP contribution is 2.31. The van der Waals surface area contributed by atoms with Gasteiger partial charge in [-0.3, -0.25) is 0 Å². The van der Waals surface area contributed by atoms with E-state index in [-0.39, 0.29) is 17.9 Å². The molecule has 0 aromatic heterocycles. The van der Waals surface area contributed by atoms with Crippen molar-refractivity contribution in [3.05, 3.63) is 0 Å². The minimum Gasteiger partial charge on any atom is -0.385 e. The van der Waals surface area contributed by atoms with Crippen LogP contribution < -0.4 is 5.73 Å². The third kappa shape index (κ3) is 2.45. The van der Waals surface area contributed by atoms with Crippen LogP contribution in [0.5, 0.6) is 0 Å². The molecule has 2 N–H and O–H groups in total. The Morgan fingerprint density at radius 3 is 2.40 bits per heavy atom. The molecule has 1 aliphatic carbocycles. The Hall–Kier alpha value is 0.210. The van der Waals surface area contributed by atoms with Gasteiger partial charge in [0.05, 0.1) is 0 Å². The van der Waals surface area contributed by atoms with E-state index in [1.165, 1.54) is 19.3 Å². The smallest absolute Gasteiger partial charge is 0.0479 e. The van der Waals surface area contributed by atoms with E-state index in [9.17, 15) is 0 Å². The van der Waals surface area contributed by atoms with Crippen LogP contribution in [0.15, 0.2) is 0 Å². The van der Waals surface area contributed by atoms with Gasteiger partial charge in [-0.15, -0.1) is 12.4 Å². The molecule has 0 unspecified atom stereocenters. The van der Waals surface area contributed by atoms with Gasteiger partial charge in [0.1, 0.15) is 0 Å². The number of nitrogens with two attached hydrogens (primary N) is 1. The van der Waals surface area contributed by atoms with Crippen molar-refractivity contribution in [3.63, 3.8) is 0 Å². The predicted octanol–water partition coefficient (Wildman–Crippen LogP) is 1.33. The highest BCUT2D eigenvalue weighted by atomic mass is 35.5. The van der Waals surface area contributed by atoms with Gasteiger partial charge in [-0.25, -0.2) is 0 Å². The van der Waals surface area contributed by atoms with Crippen molar-refractivity contribution in [3.8, 4) is 0 Å². The molecule has 1 aliphatic rings. The summed E-state index contributed by atoms with van der Waals surface area (Å²) < 4.78 is 4.93.